The highest BCUT2D eigenvalue weighted by Gasteiger charge is 2.20. The Balaban J connectivity index is 1.50. The van der Waals surface area contributed by atoms with Crippen molar-refractivity contribution in [2.75, 3.05) is 16.8 Å². The molecule has 0 radical (unpaired) electrons. The number of anilines is 4. The second-order valence-corrected chi connectivity index (χ2v) is 11.4. The molecule has 0 fully saturated rings. The maximum absolute atomic E-state index is 3.88. The molecule has 7 rings (SSSR count). The maximum Gasteiger partial charge on any atom is 0.0546 e. The second-order valence-electron chi connectivity index (χ2n) is 11.4. The zero-order valence-electron chi connectivity index (χ0n) is 26.3. The van der Waals surface area contributed by atoms with Crippen LogP contribution in [0.2, 0.25) is 0 Å². The van der Waals surface area contributed by atoms with E-state index in [1.54, 1.807) is 0 Å². The smallest absolute Gasteiger partial charge is 0.0546 e. The number of nitrogens with zero attached hydrogens (tertiary/aromatic N) is 2. The molecule has 7 aromatic carbocycles. The quantitative estimate of drug-likeness (QED) is 0.128. The van der Waals surface area contributed by atoms with Gasteiger partial charge in [0.05, 0.1) is 5.69 Å². The molecule has 0 amide bonds. The Morgan fingerprint density at radius 1 is 0.565 bits per heavy atom. The van der Waals surface area contributed by atoms with Gasteiger partial charge < -0.3 is 9.80 Å². The highest BCUT2D eigenvalue weighted by molar-refractivity contribution is 6.26. The van der Waals surface area contributed by atoms with Crippen LogP contribution in [0, 0.1) is 0 Å². The predicted octanol–water partition coefficient (Wildman–Crippen LogP) is 12.4. The Morgan fingerprint density at radius 3 is 1.67 bits per heavy atom. The van der Waals surface area contributed by atoms with Crippen LogP contribution >= 0.6 is 0 Å². The number of hydrogen-bond donors (Lipinski definition) is 0. The van der Waals surface area contributed by atoms with Crippen molar-refractivity contribution in [1.29, 1.82) is 0 Å². The molecule has 0 spiro atoms. The highest BCUT2D eigenvalue weighted by Crippen LogP contribution is 2.45. The van der Waals surface area contributed by atoms with Crippen molar-refractivity contribution in [3.05, 3.63) is 182 Å². The Hall–Kier alpha value is -5.86. The molecule has 0 aliphatic rings. The maximum atomic E-state index is 3.88. The molecule has 0 saturated heterocycles. The molecule has 0 aromatic heterocycles. The fourth-order valence-corrected chi connectivity index (χ4v) is 6.55. The molecule has 2 nitrogen and oxygen atoms in total. The van der Waals surface area contributed by atoms with Gasteiger partial charge in [0.2, 0.25) is 0 Å². The Bertz CT molecular complexity index is 2230. The summed E-state index contributed by atoms with van der Waals surface area (Å²) < 4.78 is 0. The summed E-state index contributed by atoms with van der Waals surface area (Å²) in [7, 11) is 2.14. The van der Waals surface area contributed by atoms with E-state index in [0.29, 0.717) is 0 Å². The molecule has 0 bridgehead atoms. The normalized spacial score (nSPS) is 11.8. The zero-order chi connectivity index (χ0) is 31.5. The fourth-order valence-electron chi connectivity index (χ4n) is 6.55. The molecule has 222 valence electrons. The highest BCUT2D eigenvalue weighted by atomic mass is 15.1. The minimum absolute atomic E-state index is 1.11. The number of likely N-dealkylation sites (N-methyl/N-ethyl adjacent to an activating group) is 1. The summed E-state index contributed by atoms with van der Waals surface area (Å²) in [6, 6.07) is 52.4. The molecule has 7 aromatic rings. The van der Waals surface area contributed by atoms with E-state index in [-0.39, 0.29) is 0 Å². The third kappa shape index (κ3) is 5.25. The van der Waals surface area contributed by atoms with Crippen molar-refractivity contribution in [3.8, 4) is 11.1 Å². The van der Waals surface area contributed by atoms with Gasteiger partial charge in [-0.05, 0) is 82.1 Å². The van der Waals surface area contributed by atoms with E-state index in [2.05, 4.69) is 188 Å². The summed E-state index contributed by atoms with van der Waals surface area (Å²) in [5.41, 5.74) is 8.04. The number of rotatable bonds is 8. The molecule has 0 heterocycles. The third-order valence-corrected chi connectivity index (χ3v) is 8.75. The SMILES string of the molecule is C=C/C=C\C(=C/C)N(C)c1cc2cc(N(c3ccccc3)c3ccc(-c4ccccc4)cc3)c3ccccc3c2c2ccccc12. The van der Waals surface area contributed by atoms with Crippen molar-refractivity contribution in [3.63, 3.8) is 0 Å². The van der Waals surface area contributed by atoms with Gasteiger partial charge >= 0.3 is 0 Å². The first-order chi connectivity index (χ1) is 22.7. The monoisotopic (exact) mass is 592 g/mol. The molecule has 0 saturated carbocycles. The fraction of sp³-hybridized carbons (Fsp3) is 0.0455. The molecular weight excluding hydrogens is 556 g/mol. The minimum Gasteiger partial charge on any atom is -0.344 e. The molecule has 0 aliphatic carbocycles. The molecule has 0 unspecified atom stereocenters. The van der Waals surface area contributed by atoms with Gasteiger partial charge in [-0.15, -0.1) is 0 Å². The van der Waals surface area contributed by atoms with Crippen LogP contribution in [0.4, 0.5) is 22.7 Å². The number of para-hydroxylation sites is 1. The number of hydrogen-bond acceptors (Lipinski definition) is 2. The van der Waals surface area contributed by atoms with E-state index in [1.165, 1.54) is 43.4 Å². The van der Waals surface area contributed by atoms with Gasteiger partial charge in [0.25, 0.3) is 0 Å². The number of fused-ring (bicyclic) bond motifs is 5. The molecule has 0 N–H and O–H groups in total. The lowest BCUT2D eigenvalue weighted by Crippen LogP contribution is -2.15. The van der Waals surface area contributed by atoms with Crippen LogP contribution < -0.4 is 9.80 Å². The van der Waals surface area contributed by atoms with Gasteiger partial charge in [-0.3, -0.25) is 0 Å². The van der Waals surface area contributed by atoms with E-state index in [0.717, 1.165) is 28.4 Å². The Labute approximate surface area is 271 Å². The van der Waals surface area contributed by atoms with E-state index in [1.807, 2.05) is 12.2 Å². The van der Waals surface area contributed by atoms with E-state index < -0.39 is 0 Å². The summed E-state index contributed by atoms with van der Waals surface area (Å²) in [4.78, 5) is 4.66. The van der Waals surface area contributed by atoms with Gasteiger partial charge in [0, 0.05) is 40.6 Å². The van der Waals surface area contributed by atoms with Crippen LogP contribution in [0.1, 0.15) is 6.92 Å². The van der Waals surface area contributed by atoms with Gasteiger partial charge in [0.1, 0.15) is 0 Å². The number of allylic oxidation sites excluding steroid dienone is 4. The second kappa shape index (κ2) is 12.6. The average molecular weight is 593 g/mol. The van der Waals surface area contributed by atoms with Crippen LogP contribution in [0.15, 0.2) is 182 Å². The summed E-state index contributed by atoms with van der Waals surface area (Å²) in [5, 5.41) is 7.37. The van der Waals surface area contributed by atoms with Crippen molar-refractivity contribution in [2.45, 2.75) is 6.92 Å². The van der Waals surface area contributed by atoms with E-state index in [4.69, 9.17) is 0 Å². The summed E-state index contributed by atoms with van der Waals surface area (Å²) >= 11 is 0. The standard InChI is InChI=1S/C44H36N2/c1-4-6-19-35(5-2)45(3)42-30-34-31-43(39-23-14-16-25-41(39)44(34)40-24-15-13-22-38(40)42)46(36-20-11-8-12-21-36)37-28-26-33(27-29-37)32-17-9-7-10-18-32/h4-31H,1H2,2-3H3/b19-6-,35-5+. The molecule has 0 aliphatic heterocycles. The largest absolute Gasteiger partial charge is 0.344 e. The van der Waals surface area contributed by atoms with Crippen LogP contribution in [-0.2, 0) is 0 Å². The molecule has 2 heteroatoms. The van der Waals surface area contributed by atoms with Gasteiger partial charge in [0.15, 0.2) is 0 Å². The molecular formula is C44H36N2. The molecule has 46 heavy (non-hydrogen) atoms. The van der Waals surface area contributed by atoms with Crippen molar-refractivity contribution in [2.24, 2.45) is 0 Å². The summed E-state index contributed by atoms with van der Waals surface area (Å²) in [6.07, 6.45) is 8.05. The minimum atomic E-state index is 1.11. The molecule has 0 atom stereocenters. The topological polar surface area (TPSA) is 6.48 Å². The van der Waals surface area contributed by atoms with Crippen LogP contribution in [0.25, 0.3) is 43.4 Å². The predicted molar refractivity (Wildman–Crippen MR) is 201 cm³/mol. The zero-order valence-corrected chi connectivity index (χ0v) is 26.3. The van der Waals surface area contributed by atoms with Crippen LogP contribution in [-0.4, -0.2) is 7.05 Å². The first kappa shape index (κ1) is 28.9. The summed E-state index contributed by atoms with van der Waals surface area (Å²) in [5.74, 6) is 0. The lowest BCUT2D eigenvalue weighted by Gasteiger charge is -2.29. The summed E-state index contributed by atoms with van der Waals surface area (Å²) in [6.45, 7) is 5.96. The Kier molecular flexibility index (Phi) is 7.93. The first-order valence-electron chi connectivity index (χ1n) is 15.7. The lowest BCUT2D eigenvalue weighted by atomic mass is 9.93. The van der Waals surface area contributed by atoms with Gasteiger partial charge in [-0.1, -0.05) is 134 Å². The lowest BCUT2D eigenvalue weighted by molar-refractivity contribution is 1.14. The van der Waals surface area contributed by atoms with Crippen molar-refractivity contribution < 1.29 is 0 Å². The van der Waals surface area contributed by atoms with Crippen molar-refractivity contribution in [1.82, 2.24) is 0 Å². The first-order valence-corrected chi connectivity index (χ1v) is 15.7. The van der Waals surface area contributed by atoms with Crippen molar-refractivity contribution >= 4 is 55.1 Å². The van der Waals surface area contributed by atoms with E-state index in [9.17, 15) is 0 Å². The Morgan fingerprint density at radius 2 is 1.07 bits per heavy atom. The van der Waals surface area contributed by atoms with Gasteiger partial charge in [-0.2, -0.15) is 0 Å². The van der Waals surface area contributed by atoms with Crippen LogP contribution in [0.3, 0.4) is 0 Å². The van der Waals surface area contributed by atoms with Gasteiger partial charge in [-0.25, -0.2) is 0 Å². The van der Waals surface area contributed by atoms with Crippen LogP contribution in [0.5, 0.6) is 0 Å². The average Bonchev–Trinajstić information content (AvgIpc) is 3.12. The van der Waals surface area contributed by atoms with E-state index >= 15 is 0 Å². The third-order valence-electron chi connectivity index (χ3n) is 8.75. The number of benzene rings is 7.